The number of benzene rings is 3. The van der Waals surface area contributed by atoms with Gasteiger partial charge in [-0.2, -0.15) is 0 Å². The van der Waals surface area contributed by atoms with Gasteiger partial charge in [0.25, 0.3) is 0 Å². The summed E-state index contributed by atoms with van der Waals surface area (Å²) in [5, 5.41) is 5.31. The summed E-state index contributed by atoms with van der Waals surface area (Å²) in [6.45, 7) is 4.40. The summed E-state index contributed by atoms with van der Waals surface area (Å²) < 4.78 is 0. The van der Waals surface area contributed by atoms with E-state index in [0.717, 1.165) is 13.2 Å². The largest absolute Gasteiger partial charge is 0.358 e. The fraction of sp³-hybridized carbons (Fsp3) is 0.448. The highest BCUT2D eigenvalue weighted by Crippen LogP contribution is 2.37. The third kappa shape index (κ3) is 5.61. The first-order chi connectivity index (χ1) is 15.4. The van der Waals surface area contributed by atoms with E-state index < -0.39 is 0 Å². The first-order valence-corrected chi connectivity index (χ1v) is 12.5. The second-order valence-electron chi connectivity index (χ2n) is 9.07. The van der Waals surface area contributed by atoms with Crippen LogP contribution in [0.15, 0.2) is 67.0 Å². The monoisotopic (exact) mass is 414 g/mol. The minimum Gasteiger partial charge on any atom is -0.358 e. The van der Waals surface area contributed by atoms with E-state index in [1.165, 1.54) is 91.4 Å². The van der Waals surface area contributed by atoms with Gasteiger partial charge < -0.3 is 9.80 Å². The van der Waals surface area contributed by atoms with Crippen LogP contribution < -0.4 is 4.90 Å². The second kappa shape index (κ2) is 11.2. The van der Waals surface area contributed by atoms with Crippen LogP contribution in [0.4, 0.5) is 5.69 Å². The van der Waals surface area contributed by atoms with E-state index in [0.29, 0.717) is 0 Å². The normalized spacial score (nSPS) is 13.7. The number of anilines is 1. The van der Waals surface area contributed by atoms with Gasteiger partial charge in [-0.3, -0.25) is 0 Å². The Morgan fingerprint density at radius 1 is 0.645 bits per heavy atom. The van der Waals surface area contributed by atoms with E-state index in [1.807, 2.05) is 0 Å². The summed E-state index contributed by atoms with van der Waals surface area (Å²) >= 11 is 0. The summed E-state index contributed by atoms with van der Waals surface area (Å²) in [6.07, 6.45) is 18.5. The van der Waals surface area contributed by atoms with E-state index in [9.17, 15) is 0 Å². The topological polar surface area (TPSA) is 6.48 Å². The van der Waals surface area contributed by atoms with Crippen LogP contribution in [0, 0.1) is 0 Å². The van der Waals surface area contributed by atoms with E-state index in [2.05, 4.69) is 83.7 Å². The highest BCUT2D eigenvalue weighted by Gasteiger charge is 2.18. The molecule has 4 rings (SSSR count). The highest BCUT2D eigenvalue weighted by molar-refractivity contribution is 6.11. The maximum Gasteiger partial charge on any atom is 0.0942 e. The van der Waals surface area contributed by atoms with Gasteiger partial charge in [0.2, 0.25) is 0 Å². The van der Waals surface area contributed by atoms with Gasteiger partial charge in [0.05, 0.1) is 12.4 Å². The molecule has 0 fully saturated rings. The number of unbranched alkanes of at least 4 members (excludes halogenated alkanes) is 9. The molecule has 1 heterocycles. The van der Waals surface area contributed by atoms with Crippen LogP contribution >= 0.6 is 0 Å². The van der Waals surface area contributed by atoms with Crippen LogP contribution in [0.25, 0.3) is 21.5 Å². The Bertz CT molecular complexity index is 936. The van der Waals surface area contributed by atoms with Crippen molar-refractivity contribution in [3.05, 3.63) is 67.0 Å². The third-order valence-electron chi connectivity index (χ3n) is 6.62. The van der Waals surface area contributed by atoms with Crippen LogP contribution in [-0.4, -0.2) is 18.1 Å². The molecule has 31 heavy (non-hydrogen) atoms. The zero-order valence-electron chi connectivity index (χ0n) is 19.2. The molecule has 0 atom stereocenters. The van der Waals surface area contributed by atoms with Crippen molar-refractivity contribution in [3.63, 3.8) is 0 Å². The molecular weight excluding hydrogens is 376 g/mol. The molecule has 1 aliphatic rings. The lowest BCUT2D eigenvalue weighted by Gasteiger charge is -2.24. The number of rotatable bonds is 12. The van der Waals surface area contributed by atoms with Gasteiger partial charge in [-0.05, 0) is 23.3 Å². The Hall–Kier alpha value is -2.48. The van der Waals surface area contributed by atoms with Gasteiger partial charge in [-0.25, -0.2) is 0 Å². The van der Waals surface area contributed by atoms with Gasteiger partial charge in [0, 0.05) is 29.7 Å². The average molecular weight is 415 g/mol. The van der Waals surface area contributed by atoms with Gasteiger partial charge in [0.15, 0.2) is 0 Å². The van der Waals surface area contributed by atoms with Crippen molar-refractivity contribution < 1.29 is 0 Å². The Morgan fingerprint density at radius 3 is 1.81 bits per heavy atom. The Kier molecular flexibility index (Phi) is 7.87. The van der Waals surface area contributed by atoms with Gasteiger partial charge in [-0.1, -0.05) is 113 Å². The van der Waals surface area contributed by atoms with Crippen LogP contribution in [0.3, 0.4) is 0 Å². The molecule has 0 radical (unpaired) electrons. The average Bonchev–Trinajstić information content (AvgIpc) is 3.27. The van der Waals surface area contributed by atoms with Crippen LogP contribution in [0.2, 0.25) is 0 Å². The summed E-state index contributed by atoms with van der Waals surface area (Å²) in [4.78, 5) is 4.91. The SMILES string of the molecule is CCCCCCCCCCCCN1C=CN(c2c3ccccc3cc3ccccc23)C1. The van der Waals surface area contributed by atoms with Crippen molar-refractivity contribution in [3.8, 4) is 0 Å². The van der Waals surface area contributed by atoms with Crippen molar-refractivity contribution in [2.45, 2.75) is 71.1 Å². The fourth-order valence-electron chi connectivity index (χ4n) is 4.86. The third-order valence-corrected chi connectivity index (χ3v) is 6.62. The standard InChI is InChI=1S/C29H38N2/c1-2-3-4-5-6-7-8-9-10-15-20-30-21-22-31(24-30)29-27-18-13-11-16-25(27)23-26-17-12-14-19-28(26)29/h11-14,16-19,21-23H,2-10,15,20,24H2,1H3. The molecule has 0 aliphatic carbocycles. The molecule has 2 nitrogen and oxygen atoms in total. The first kappa shape index (κ1) is 21.7. The number of fused-ring (bicyclic) bond motifs is 2. The van der Waals surface area contributed by atoms with Gasteiger partial charge in [0.1, 0.15) is 0 Å². The zero-order chi connectivity index (χ0) is 21.3. The fourth-order valence-corrected chi connectivity index (χ4v) is 4.86. The lowest BCUT2D eigenvalue weighted by molar-refractivity contribution is 0.388. The summed E-state index contributed by atoms with van der Waals surface area (Å²) in [7, 11) is 0. The van der Waals surface area contributed by atoms with Crippen molar-refractivity contribution in [1.82, 2.24) is 4.90 Å². The van der Waals surface area contributed by atoms with Crippen molar-refractivity contribution >= 4 is 27.2 Å². The molecule has 0 saturated heterocycles. The number of hydrogen-bond donors (Lipinski definition) is 0. The van der Waals surface area contributed by atoms with Crippen LogP contribution in [0.5, 0.6) is 0 Å². The molecule has 0 amide bonds. The van der Waals surface area contributed by atoms with E-state index in [-0.39, 0.29) is 0 Å². The molecule has 0 spiro atoms. The number of nitrogens with zero attached hydrogens (tertiary/aromatic N) is 2. The molecule has 0 bridgehead atoms. The van der Waals surface area contributed by atoms with Crippen LogP contribution in [0.1, 0.15) is 71.1 Å². The highest BCUT2D eigenvalue weighted by atomic mass is 15.3. The lowest BCUT2D eigenvalue weighted by atomic mass is 10.0. The van der Waals surface area contributed by atoms with Crippen molar-refractivity contribution in [2.75, 3.05) is 18.1 Å². The molecule has 164 valence electrons. The van der Waals surface area contributed by atoms with Crippen molar-refractivity contribution in [2.24, 2.45) is 0 Å². The van der Waals surface area contributed by atoms with E-state index >= 15 is 0 Å². The Balaban J connectivity index is 1.28. The Morgan fingerprint density at radius 2 is 1.19 bits per heavy atom. The Labute approximate surface area is 188 Å². The molecule has 1 aliphatic heterocycles. The smallest absolute Gasteiger partial charge is 0.0942 e. The summed E-state index contributed by atoms with van der Waals surface area (Å²) in [5.41, 5.74) is 1.34. The maximum atomic E-state index is 2.47. The lowest BCUT2D eigenvalue weighted by Crippen LogP contribution is -2.26. The molecular formula is C29H38N2. The van der Waals surface area contributed by atoms with E-state index in [4.69, 9.17) is 0 Å². The zero-order valence-corrected chi connectivity index (χ0v) is 19.2. The predicted octanol–water partition coefficient (Wildman–Crippen LogP) is 8.46. The van der Waals surface area contributed by atoms with E-state index in [1.54, 1.807) is 0 Å². The predicted molar refractivity (Wildman–Crippen MR) is 136 cm³/mol. The maximum absolute atomic E-state index is 2.47. The number of hydrogen-bond acceptors (Lipinski definition) is 2. The quantitative estimate of drug-likeness (QED) is 0.217. The summed E-state index contributed by atoms with van der Waals surface area (Å²) in [6, 6.07) is 19.9. The van der Waals surface area contributed by atoms with Gasteiger partial charge >= 0.3 is 0 Å². The molecule has 3 aromatic rings. The minimum atomic E-state index is 0.954. The molecule has 0 saturated carbocycles. The first-order valence-electron chi connectivity index (χ1n) is 12.5. The van der Waals surface area contributed by atoms with Crippen molar-refractivity contribution in [1.29, 1.82) is 0 Å². The molecule has 2 heteroatoms. The summed E-state index contributed by atoms with van der Waals surface area (Å²) in [5.74, 6) is 0. The second-order valence-corrected chi connectivity index (χ2v) is 9.07. The van der Waals surface area contributed by atoms with Gasteiger partial charge in [-0.15, -0.1) is 0 Å². The molecule has 0 unspecified atom stereocenters. The molecule has 0 aromatic heterocycles. The van der Waals surface area contributed by atoms with Crippen LogP contribution in [-0.2, 0) is 0 Å². The minimum absolute atomic E-state index is 0.954. The molecule has 3 aromatic carbocycles. The molecule has 0 N–H and O–H groups in total.